The van der Waals surface area contributed by atoms with Crippen LogP contribution < -0.4 is 4.74 Å². The number of thiophene rings is 1. The molecule has 146 valence electrons. The summed E-state index contributed by atoms with van der Waals surface area (Å²) in [4.78, 5) is 15.7. The van der Waals surface area contributed by atoms with Crippen LogP contribution in [0.5, 0.6) is 5.75 Å². The topological polar surface area (TPSA) is 48.0 Å². The molecule has 1 aromatic heterocycles. The van der Waals surface area contributed by atoms with Crippen molar-refractivity contribution in [2.24, 2.45) is 0 Å². The second-order valence-corrected chi connectivity index (χ2v) is 7.55. The molecule has 6 heteroatoms. The van der Waals surface area contributed by atoms with Crippen molar-refractivity contribution < 1.29 is 19.0 Å². The minimum absolute atomic E-state index is 0.152. The quantitative estimate of drug-likeness (QED) is 0.694. The third kappa shape index (κ3) is 4.51. The van der Waals surface area contributed by atoms with Crippen molar-refractivity contribution in [1.29, 1.82) is 0 Å². The Kier molecular flexibility index (Phi) is 6.88. The number of methoxy groups -OCH3 is 2. The molecule has 0 aliphatic carbocycles. The first-order valence-electron chi connectivity index (χ1n) is 9.21. The van der Waals surface area contributed by atoms with Crippen molar-refractivity contribution in [1.82, 2.24) is 4.90 Å². The molecule has 1 aliphatic rings. The molecule has 1 fully saturated rings. The van der Waals surface area contributed by atoms with Gasteiger partial charge in [0, 0.05) is 33.4 Å². The Bertz CT molecular complexity index is 708. The second-order valence-electron chi connectivity index (χ2n) is 6.77. The lowest BCUT2D eigenvalue weighted by Gasteiger charge is -2.40. The third-order valence-electron chi connectivity index (χ3n) is 5.20. The number of carbonyl (C=O) groups excluding carboxylic acids is 1. The molecule has 1 aromatic carbocycles. The smallest absolute Gasteiger partial charge is 0.233 e. The zero-order valence-corrected chi connectivity index (χ0v) is 16.8. The predicted molar refractivity (Wildman–Crippen MR) is 106 cm³/mol. The van der Waals surface area contributed by atoms with Gasteiger partial charge in [0.1, 0.15) is 5.75 Å². The van der Waals surface area contributed by atoms with Gasteiger partial charge in [-0.15, -0.1) is 0 Å². The number of nitrogens with zero attached hydrogens (tertiary/aromatic N) is 1. The zero-order chi connectivity index (χ0) is 19.1. The van der Waals surface area contributed by atoms with Crippen LogP contribution in [-0.4, -0.2) is 51.4 Å². The summed E-state index contributed by atoms with van der Waals surface area (Å²) in [7, 11) is 3.32. The molecular weight excluding hydrogens is 362 g/mol. The number of ether oxygens (including phenoxy) is 3. The Hall–Kier alpha value is -1.89. The van der Waals surface area contributed by atoms with E-state index in [0.29, 0.717) is 45.8 Å². The van der Waals surface area contributed by atoms with Crippen molar-refractivity contribution in [3.63, 3.8) is 0 Å². The Morgan fingerprint density at radius 2 is 1.93 bits per heavy atom. The van der Waals surface area contributed by atoms with Crippen LogP contribution in [0.2, 0.25) is 0 Å². The minimum Gasteiger partial charge on any atom is -0.497 e. The van der Waals surface area contributed by atoms with Crippen molar-refractivity contribution >= 4 is 17.2 Å². The highest BCUT2D eigenvalue weighted by atomic mass is 32.1. The van der Waals surface area contributed by atoms with Crippen molar-refractivity contribution in [3.8, 4) is 5.75 Å². The van der Waals surface area contributed by atoms with Crippen LogP contribution in [-0.2, 0) is 26.2 Å². The molecule has 1 saturated heterocycles. The fraction of sp³-hybridized carbons (Fsp3) is 0.476. The maximum Gasteiger partial charge on any atom is 0.233 e. The normalized spacial score (nSPS) is 16.1. The van der Waals surface area contributed by atoms with Gasteiger partial charge < -0.3 is 19.1 Å². The molecule has 1 aliphatic heterocycles. The minimum atomic E-state index is -0.561. The van der Waals surface area contributed by atoms with Gasteiger partial charge in [-0.05, 0) is 52.9 Å². The van der Waals surface area contributed by atoms with Crippen LogP contribution in [0.3, 0.4) is 0 Å². The summed E-state index contributed by atoms with van der Waals surface area (Å²) < 4.78 is 16.1. The molecule has 3 rings (SSSR count). The Morgan fingerprint density at radius 3 is 2.52 bits per heavy atom. The molecule has 0 radical (unpaired) electrons. The van der Waals surface area contributed by atoms with Gasteiger partial charge in [0.25, 0.3) is 0 Å². The van der Waals surface area contributed by atoms with Gasteiger partial charge in [-0.1, -0.05) is 12.1 Å². The summed E-state index contributed by atoms with van der Waals surface area (Å²) in [6, 6.07) is 9.96. The van der Waals surface area contributed by atoms with E-state index in [1.54, 1.807) is 25.6 Å². The Morgan fingerprint density at radius 1 is 1.19 bits per heavy atom. The zero-order valence-electron chi connectivity index (χ0n) is 16.0. The molecule has 2 heterocycles. The van der Waals surface area contributed by atoms with E-state index in [9.17, 15) is 4.79 Å². The average Bonchev–Trinajstić information content (AvgIpc) is 3.24. The van der Waals surface area contributed by atoms with Crippen LogP contribution in [0, 0.1) is 0 Å². The van der Waals surface area contributed by atoms with E-state index in [0.717, 1.165) is 16.9 Å². The maximum atomic E-state index is 13.8. The van der Waals surface area contributed by atoms with Gasteiger partial charge in [-0.2, -0.15) is 11.3 Å². The molecular formula is C21H27NO4S. The van der Waals surface area contributed by atoms with Crippen LogP contribution in [0.25, 0.3) is 0 Å². The van der Waals surface area contributed by atoms with Gasteiger partial charge in [0.05, 0.1) is 19.1 Å². The molecule has 0 atom stereocenters. The summed E-state index contributed by atoms with van der Waals surface area (Å²) in [5.74, 6) is 0.946. The van der Waals surface area contributed by atoms with Crippen molar-refractivity contribution in [3.05, 3.63) is 52.2 Å². The van der Waals surface area contributed by atoms with E-state index in [2.05, 4.69) is 11.4 Å². The van der Waals surface area contributed by atoms with Crippen LogP contribution in [0.15, 0.2) is 41.1 Å². The predicted octanol–water partition coefficient (Wildman–Crippen LogP) is 3.48. The number of amides is 1. The number of rotatable bonds is 8. The Labute approximate surface area is 164 Å². The summed E-state index contributed by atoms with van der Waals surface area (Å²) in [5.41, 5.74) is 1.62. The van der Waals surface area contributed by atoms with Gasteiger partial charge in [-0.25, -0.2) is 0 Å². The number of carbonyl (C=O) groups is 1. The van der Waals surface area contributed by atoms with Crippen LogP contribution in [0.4, 0.5) is 0 Å². The van der Waals surface area contributed by atoms with Gasteiger partial charge in [-0.3, -0.25) is 4.79 Å². The number of benzene rings is 1. The van der Waals surface area contributed by atoms with Crippen LogP contribution >= 0.6 is 11.3 Å². The molecule has 5 nitrogen and oxygen atoms in total. The average molecular weight is 390 g/mol. The molecule has 0 N–H and O–H groups in total. The van der Waals surface area contributed by atoms with Gasteiger partial charge >= 0.3 is 0 Å². The number of hydrogen-bond donors (Lipinski definition) is 0. The third-order valence-corrected chi connectivity index (χ3v) is 5.94. The molecule has 0 bridgehead atoms. The van der Waals surface area contributed by atoms with Crippen LogP contribution in [0.1, 0.15) is 24.0 Å². The number of hydrogen-bond acceptors (Lipinski definition) is 5. The first-order chi connectivity index (χ1) is 13.2. The largest absolute Gasteiger partial charge is 0.497 e. The maximum absolute atomic E-state index is 13.8. The van der Waals surface area contributed by atoms with E-state index in [1.807, 2.05) is 34.5 Å². The first kappa shape index (κ1) is 19.9. The summed E-state index contributed by atoms with van der Waals surface area (Å²) in [6.07, 6.45) is 1.37. The van der Waals surface area contributed by atoms with Gasteiger partial charge in [0.15, 0.2) is 0 Å². The summed E-state index contributed by atoms with van der Waals surface area (Å²) >= 11 is 1.65. The SMILES string of the molecule is COCCN(Cc1ccsc1)C(=O)C1(c2ccc(OC)cc2)CCOCC1. The lowest BCUT2D eigenvalue weighted by atomic mass is 9.73. The molecule has 0 spiro atoms. The summed E-state index contributed by atoms with van der Waals surface area (Å²) in [6.45, 7) is 2.88. The lowest BCUT2D eigenvalue weighted by molar-refractivity contribution is -0.142. The van der Waals surface area contributed by atoms with E-state index >= 15 is 0 Å². The summed E-state index contributed by atoms with van der Waals surface area (Å²) in [5, 5.41) is 4.14. The molecule has 2 aromatic rings. The van der Waals surface area contributed by atoms with Crippen molar-refractivity contribution in [2.45, 2.75) is 24.8 Å². The highest BCUT2D eigenvalue weighted by Gasteiger charge is 2.44. The second kappa shape index (κ2) is 9.35. The molecule has 1 amide bonds. The highest BCUT2D eigenvalue weighted by molar-refractivity contribution is 7.07. The highest BCUT2D eigenvalue weighted by Crippen LogP contribution is 2.38. The van der Waals surface area contributed by atoms with E-state index < -0.39 is 5.41 Å². The van der Waals surface area contributed by atoms with Crippen molar-refractivity contribution in [2.75, 3.05) is 40.6 Å². The molecule has 0 unspecified atom stereocenters. The first-order valence-corrected chi connectivity index (χ1v) is 10.2. The molecule has 0 saturated carbocycles. The van der Waals surface area contributed by atoms with E-state index in [1.165, 1.54) is 0 Å². The van der Waals surface area contributed by atoms with Gasteiger partial charge in [0.2, 0.25) is 5.91 Å². The fourth-order valence-corrected chi connectivity index (χ4v) is 4.28. The Balaban J connectivity index is 1.91. The standard InChI is InChI=1S/C21H27NO4S/c1-24-13-10-22(15-17-7-14-27-16-17)20(23)21(8-11-26-12-9-21)18-3-5-19(25-2)6-4-18/h3-7,14,16H,8-13,15H2,1-2H3. The molecule has 27 heavy (non-hydrogen) atoms. The van der Waals surface area contributed by atoms with E-state index in [4.69, 9.17) is 14.2 Å². The lowest BCUT2D eigenvalue weighted by Crippen LogP contribution is -2.50. The fourth-order valence-electron chi connectivity index (χ4n) is 3.62. The van der Waals surface area contributed by atoms with E-state index in [-0.39, 0.29) is 5.91 Å². The monoisotopic (exact) mass is 389 g/mol.